The van der Waals surface area contributed by atoms with Crippen LogP contribution in [-0.2, 0) is 10.9 Å². The van der Waals surface area contributed by atoms with Gasteiger partial charge in [0.15, 0.2) is 0 Å². The van der Waals surface area contributed by atoms with Crippen LogP contribution in [0.5, 0.6) is 0 Å². The fraction of sp³-hybridized carbons (Fsp3) is 0.250. The molecule has 3 aromatic rings. The maximum absolute atomic E-state index is 13.0. The van der Waals surface area contributed by atoms with Crippen LogP contribution in [-0.4, -0.2) is 42.2 Å². The third-order valence-electron chi connectivity index (χ3n) is 5.41. The number of benzene rings is 1. The highest BCUT2D eigenvalue weighted by molar-refractivity contribution is 6.04. The van der Waals surface area contributed by atoms with Crippen molar-refractivity contribution in [3.8, 4) is 17.2 Å². The Hall–Kier alpha value is -3.97. The number of aryl methyl sites for hydroxylation is 1. The number of carbonyl (C=O) groups excluding carboxylic acids is 1. The van der Waals surface area contributed by atoms with Crippen LogP contribution in [0.25, 0.3) is 11.1 Å². The van der Waals surface area contributed by atoms with Crippen LogP contribution >= 0.6 is 0 Å². The number of amides is 1. The molecule has 1 fully saturated rings. The van der Waals surface area contributed by atoms with Gasteiger partial charge in [-0.05, 0) is 37.3 Å². The van der Waals surface area contributed by atoms with Crippen LogP contribution < -0.4 is 10.2 Å². The summed E-state index contributed by atoms with van der Waals surface area (Å²) in [4.78, 5) is 23.3. The minimum absolute atomic E-state index is 0.125. The van der Waals surface area contributed by atoms with E-state index in [1.807, 2.05) is 4.90 Å². The van der Waals surface area contributed by atoms with E-state index < -0.39 is 17.6 Å². The lowest BCUT2D eigenvalue weighted by molar-refractivity contribution is -0.137. The highest BCUT2D eigenvalue weighted by Crippen LogP contribution is 2.31. The number of anilines is 2. The fourth-order valence-electron chi connectivity index (χ4n) is 3.65. The first-order valence-corrected chi connectivity index (χ1v) is 10.4. The van der Waals surface area contributed by atoms with Crippen LogP contribution in [0.2, 0.25) is 0 Å². The molecule has 1 N–H and O–H groups in total. The first kappa shape index (κ1) is 23.2. The van der Waals surface area contributed by atoms with E-state index in [1.54, 1.807) is 25.3 Å². The Morgan fingerprint density at radius 2 is 1.91 bits per heavy atom. The number of nitrogens with one attached hydrogen (secondary N) is 1. The van der Waals surface area contributed by atoms with Crippen molar-refractivity contribution < 1.29 is 22.7 Å². The largest absolute Gasteiger partial charge is 0.416 e. The van der Waals surface area contributed by atoms with Gasteiger partial charge in [0, 0.05) is 41.7 Å². The van der Waals surface area contributed by atoms with E-state index in [-0.39, 0.29) is 5.56 Å². The molecule has 0 atom stereocenters. The van der Waals surface area contributed by atoms with Crippen LogP contribution in [0.1, 0.15) is 27.2 Å². The van der Waals surface area contributed by atoms with Crippen molar-refractivity contribution in [2.24, 2.45) is 0 Å². The Labute approximate surface area is 193 Å². The van der Waals surface area contributed by atoms with Crippen LogP contribution in [0, 0.1) is 18.3 Å². The molecular weight excluding hydrogens is 447 g/mol. The average Bonchev–Trinajstić information content (AvgIpc) is 2.85. The van der Waals surface area contributed by atoms with Crippen LogP contribution in [0.15, 0.2) is 48.8 Å². The summed E-state index contributed by atoms with van der Waals surface area (Å²) in [6.07, 6.45) is -1.49. The number of hydrogen-bond acceptors (Lipinski definition) is 6. The van der Waals surface area contributed by atoms with Crippen molar-refractivity contribution in [3.05, 3.63) is 71.2 Å². The van der Waals surface area contributed by atoms with E-state index in [9.17, 15) is 23.2 Å². The highest BCUT2D eigenvalue weighted by Gasteiger charge is 2.31. The first-order valence-electron chi connectivity index (χ1n) is 10.4. The molecular formula is C24H20F3N5O2. The number of hydrogen-bond donors (Lipinski definition) is 1. The number of morpholine rings is 1. The summed E-state index contributed by atoms with van der Waals surface area (Å²) in [6, 6.07) is 9.73. The summed E-state index contributed by atoms with van der Waals surface area (Å²) in [5, 5.41) is 12.3. The van der Waals surface area contributed by atoms with Gasteiger partial charge in [0.1, 0.15) is 11.9 Å². The normalized spacial score (nSPS) is 13.9. The second-order valence-electron chi connectivity index (χ2n) is 7.70. The molecule has 1 amide bonds. The SMILES string of the molecule is Cc1ncc(NC(=O)c2cccc(C(F)(F)F)c2)cc1-c1cnc(N2CCOCC2)c(C#N)c1. The number of aromatic nitrogens is 2. The van der Waals surface area contributed by atoms with Gasteiger partial charge in [-0.3, -0.25) is 9.78 Å². The Kier molecular flexibility index (Phi) is 6.47. The van der Waals surface area contributed by atoms with E-state index in [0.29, 0.717) is 60.2 Å². The Morgan fingerprint density at radius 1 is 1.15 bits per heavy atom. The number of alkyl halides is 3. The molecule has 7 nitrogen and oxygen atoms in total. The molecule has 4 rings (SSSR count). The molecule has 0 bridgehead atoms. The van der Waals surface area contributed by atoms with Gasteiger partial charge in [-0.2, -0.15) is 18.4 Å². The molecule has 10 heteroatoms. The molecule has 0 spiro atoms. The topological polar surface area (TPSA) is 91.1 Å². The molecule has 2 aromatic heterocycles. The predicted molar refractivity (Wildman–Crippen MR) is 119 cm³/mol. The summed E-state index contributed by atoms with van der Waals surface area (Å²) >= 11 is 0. The highest BCUT2D eigenvalue weighted by atomic mass is 19.4. The van der Waals surface area contributed by atoms with Crippen molar-refractivity contribution in [2.75, 3.05) is 36.5 Å². The summed E-state index contributed by atoms with van der Waals surface area (Å²) < 4.78 is 44.3. The summed E-state index contributed by atoms with van der Waals surface area (Å²) in [5.74, 6) is -0.115. The Morgan fingerprint density at radius 3 is 2.62 bits per heavy atom. The molecule has 0 aliphatic carbocycles. The summed E-state index contributed by atoms with van der Waals surface area (Å²) in [7, 11) is 0. The number of nitriles is 1. The number of pyridine rings is 2. The molecule has 1 saturated heterocycles. The van der Waals surface area contributed by atoms with Gasteiger partial charge in [-0.1, -0.05) is 6.07 Å². The van der Waals surface area contributed by atoms with Gasteiger partial charge in [-0.15, -0.1) is 0 Å². The number of halogens is 3. The lowest BCUT2D eigenvalue weighted by Gasteiger charge is -2.28. The van der Waals surface area contributed by atoms with Crippen molar-refractivity contribution in [2.45, 2.75) is 13.1 Å². The minimum atomic E-state index is -4.55. The summed E-state index contributed by atoms with van der Waals surface area (Å²) in [5.41, 5.74) is 1.59. The van der Waals surface area contributed by atoms with E-state index in [1.165, 1.54) is 18.3 Å². The smallest absolute Gasteiger partial charge is 0.378 e. The zero-order chi connectivity index (χ0) is 24.3. The minimum Gasteiger partial charge on any atom is -0.378 e. The zero-order valence-electron chi connectivity index (χ0n) is 18.2. The first-order chi connectivity index (χ1) is 16.3. The van der Waals surface area contributed by atoms with Gasteiger partial charge < -0.3 is 15.0 Å². The van der Waals surface area contributed by atoms with Gasteiger partial charge in [0.05, 0.1) is 36.2 Å². The molecule has 3 heterocycles. The molecule has 1 aliphatic heterocycles. The van der Waals surface area contributed by atoms with E-state index in [0.717, 1.165) is 12.1 Å². The Bertz CT molecular complexity index is 1260. The zero-order valence-corrected chi connectivity index (χ0v) is 18.2. The summed E-state index contributed by atoms with van der Waals surface area (Å²) in [6.45, 7) is 4.17. The molecule has 0 saturated carbocycles. The maximum Gasteiger partial charge on any atom is 0.416 e. The standard InChI is InChI=1S/C24H20F3N5O2/c1-15-21(18-9-17(12-28)22(30-13-18)32-5-7-34-8-6-32)11-20(14-29-15)31-23(33)16-3-2-4-19(10-16)24(25,26)27/h2-4,9-11,13-14H,5-8H2,1H3,(H,31,33). The van der Waals surface area contributed by atoms with Gasteiger partial charge in [0.2, 0.25) is 0 Å². The van der Waals surface area contributed by atoms with Crippen molar-refractivity contribution in [1.29, 1.82) is 5.26 Å². The monoisotopic (exact) mass is 467 g/mol. The van der Waals surface area contributed by atoms with Gasteiger partial charge in [-0.25, -0.2) is 4.98 Å². The van der Waals surface area contributed by atoms with E-state index in [2.05, 4.69) is 21.4 Å². The predicted octanol–water partition coefficient (Wildman–Crippen LogP) is 4.43. The van der Waals surface area contributed by atoms with Gasteiger partial charge >= 0.3 is 6.18 Å². The molecule has 1 aromatic carbocycles. The number of carbonyl (C=O) groups is 1. The van der Waals surface area contributed by atoms with Crippen molar-refractivity contribution in [3.63, 3.8) is 0 Å². The third kappa shape index (κ3) is 5.00. The lowest BCUT2D eigenvalue weighted by atomic mass is 10.0. The van der Waals surface area contributed by atoms with E-state index >= 15 is 0 Å². The molecule has 174 valence electrons. The number of ether oxygens (including phenoxy) is 1. The fourth-order valence-corrected chi connectivity index (χ4v) is 3.65. The molecule has 1 aliphatic rings. The second-order valence-corrected chi connectivity index (χ2v) is 7.70. The molecule has 34 heavy (non-hydrogen) atoms. The maximum atomic E-state index is 13.0. The van der Waals surface area contributed by atoms with Crippen molar-refractivity contribution in [1.82, 2.24) is 9.97 Å². The van der Waals surface area contributed by atoms with Crippen LogP contribution in [0.3, 0.4) is 0 Å². The van der Waals surface area contributed by atoms with Crippen LogP contribution in [0.4, 0.5) is 24.7 Å². The van der Waals surface area contributed by atoms with Crippen molar-refractivity contribution >= 4 is 17.4 Å². The molecule has 0 unspecified atom stereocenters. The molecule has 0 radical (unpaired) electrons. The lowest BCUT2D eigenvalue weighted by Crippen LogP contribution is -2.37. The average molecular weight is 467 g/mol. The quantitative estimate of drug-likeness (QED) is 0.611. The second kappa shape index (κ2) is 9.49. The number of rotatable bonds is 4. The number of nitrogens with zero attached hydrogens (tertiary/aromatic N) is 4. The third-order valence-corrected chi connectivity index (χ3v) is 5.41. The van der Waals surface area contributed by atoms with Gasteiger partial charge in [0.25, 0.3) is 5.91 Å². The Balaban J connectivity index is 1.60. The van der Waals surface area contributed by atoms with E-state index in [4.69, 9.17) is 4.74 Å².